The molecular weight excluding hydrogens is 385 g/mol. The van der Waals surface area contributed by atoms with Crippen molar-refractivity contribution in [2.45, 2.75) is 6.54 Å². The molecule has 0 aliphatic rings. The molecule has 1 amide bonds. The molecule has 0 aliphatic carbocycles. The molecule has 3 rings (SSSR count). The molecule has 0 atom stereocenters. The molecule has 3 aromatic rings. The molecule has 0 saturated carbocycles. The molecule has 0 aliphatic heterocycles. The minimum absolute atomic E-state index is 0.0108. The second-order valence-electron chi connectivity index (χ2n) is 6.49. The van der Waals surface area contributed by atoms with Crippen molar-refractivity contribution >= 4 is 22.9 Å². The van der Waals surface area contributed by atoms with Gasteiger partial charge in [-0.2, -0.15) is 5.26 Å². The first kappa shape index (κ1) is 21.1. The average Bonchev–Trinajstić information content (AvgIpc) is 3.11. The molecule has 2 aromatic carbocycles. The number of fused-ring (bicyclic) bond motifs is 1. The number of nitriles is 1. The first-order chi connectivity index (χ1) is 14.6. The second kappa shape index (κ2) is 10.2. The van der Waals surface area contributed by atoms with E-state index >= 15 is 0 Å². The minimum atomic E-state index is -0.450. The Morgan fingerprint density at radius 3 is 2.73 bits per heavy atom. The molecule has 30 heavy (non-hydrogen) atoms. The van der Waals surface area contributed by atoms with E-state index in [-0.39, 0.29) is 17.9 Å². The van der Waals surface area contributed by atoms with Crippen molar-refractivity contribution in [3.63, 3.8) is 0 Å². The summed E-state index contributed by atoms with van der Waals surface area (Å²) in [5.74, 6) is -0.653. The number of carbonyl (C=O) groups excluding carboxylic acids is 1. The molecule has 7 heteroatoms. The van der Waals surface area contributed by atoms with Crippen LogP contribution in [0.3, 0.4) is 0 Å². The molecule has 1 aromatic heterocycles. The lowest BCUT2D eigenvalue weighted by atomic mass is 10.1. The normalized spacial score (nSPS) is 11.3. The van der Waals surface area contributed by atoms with E-state index in [1.807, 2.05) is 41.1 Å². The molecule has 1 N–H and O–H groups in total. The molecule has 154 valence electrons. The molecule has 0 spiro atoms. The number of hydrogen-bond acceptors (Lipinski definition) is 4. The molecular formula is C23H22FN3O3. The van der Waals surface area contributed by atoms with E-state index in [4.69, 9.17) is 9.47 Å². The molecule has 0 unspecified atom stereocenters. The van der Waals surface area contributed by atoms with E-state index in [1.165, 1.54) is 13.2 Å². The number of ether oxygens (including phenoxy) is 2. The second-order valence-corrected chi connectivity index (χ2v) is 6.49. The van der Waals surface area contributed by atoms with Crippen LogP contribution in [-0.2, 0) is 16.1 Å². The van der Waals surface area contributed by atoms with Gasteiger partial charge in [-0.3, -0.25) is 4.79 Å². The van der Waals surface area contributed by atoms with Crippen LogP contribution in [0.25, 0.3) is 17.0 Å². The quantitative estimate of drug-likeness (QED) is 0.334. The lowest BCUT2D eigenvalue weighted by Gasteiger charge is -2.08. The van der Waals surface area contributed by atoms with E-state index in [1.54, 1.807) is 24.3 Å². The summed E-state index contributed by atoms with van der Waals surface area (Å²) in [5, 5.41) is 13.0. The third kappa shape index (κ3) is 5.04. The number of methoxy groups -OCH3 is 1. The van der Waals surface area contributed by atoms with Crippen molar-refractivity contribution in [3.8, 4) is 11.8 Å². The number of amides is 1. The van der Waals surface area contributed by atoms with Crippen LogP contribution < -0.4 is 10.1 Å². The topological polar surface area (TPSA) is 76.3 Å². The maximum Gasteiger partial charge on any atom is 0.262 e. The van der Waals surface area contributed by atoms with E-state index in [0.717, 1.165) is 16.5 Å². The number of rotatable bonds is 9. The highest BCUT2D eigenvalue weighted by atomic mass is 19.1. The number of aromatic nitrogens is 1. The number of para-hydroxylation sites is 2. The lowest BCUT2D eigenvalue weighted by molar-refractivity contribution is -0.117. The van der Waals surface area contributed by atoms with Crippen molar-refractivity contribution in [1.82, 2.24) is 9.88 Å². The first-order valence-corrected chi connectivity index (χ1v) is 9.48. The predicted octanol–water partition coefficient (Wildman–Crippen LogP) is 3.53. The number of hydrogen-bond donors (Lipinski definition) is 1. The van der Waals surface area contributed by atoms with Crippen molar-refractivity contribution in [2.75, 3.05) is 26.9 Å². The lowest BCUT2D eigenvalue weighted by Crippen LogP contribution is -2.27. The molecule has 0 bridgehead atoms. The zero-order chi connectivity index (χ0) is 21.3. The van der Waals surface area contributed by atoms with Gasteiger partial charge in [-0.1, -0.05) is 30.3 Å². The summed E-state index contributed by atoms with van der Waals surface area (Å²) >= 11 is 0. The van der Waals surface area contributed by atoms with Crippen LogP contribution in [0, 0.1) is 17.1 Å². The summed E-state index contributed by atoms with van der Waals surface area (Å²) in [6, 6.07) is 15.9. The van der Waals surface area contributed by atoms with Gasteiger partial charge in [-0.05, 0) is 24.3 Å². The van der Waals surface area contributed by atoms with Crippen LogP contribution in [0.15, 0.2) is 60.3 Å². The molecule has 0 radical (unpaired) electrons. The van der Waals surface area contributed by atoms with Gasteiger partial charge in [-0.15, -0.1) is 0 Å². The predicted molar refractivity (Wildman–Crippen MR) is 112 cm³/mol. The highest BCUT2D eigenvalue weighted by Crippen LogP contribution is 2.24. The Labute approximate surface area is 174 Å². The zero-order valence-electron chi connectivity index (χ0n) is 16.6. The van der Waals surface area contributed by atoms with Gasteiger partial charge in [0.15, 0.2) is 11.6 Å². The Kier molecular flexibility index (Phi) is 7.19. The Bertz CT molecular complexity index is 1100. The third-order valence-corrected chi connectivity index (χ3v) is 4.50. The number of nitrogens with zero attached hydrogens (tertiary/aromatic N) is 2. The Morgan fingerprint density at radius 2 is 1.97 bits per heavy atom. The van der Waals surface area contributed by atoms with Crippen LogP contribution in [0.4, 0.5) is 4.39 Å². The van der Waals surface area contributed by atoms with Crippen molar-refractivity contribution in [3.05, 3.63) is 71.7 Å². The van der Waals surface area contributed by atoms with Gasteiger partial charge in [0.2, 0.25) is 0 Å². The van der Waals surface area contributed by atoms with Crippen molar-refractivity contribution < 1.29 is 18.7 Å². The van der Waals surface area contributed by atoms with Gasteiger partial charge in [0.25, 0.3) is 5.91 Å². The maximum atomic E-state index is 13.7. The summed E-state index contributed by atoms with van der Waals surface area (Å²) in [6.07, 6.45) is 3.42. The van der Waals surface area contributed by atoms with E-state index in [9.17, 15) is 14.4 Å². The van der Waals surface area contributed by atoms with Crippen LogP contribution >= 0.6 is 0 Å². The van der Waals surface area contributed by atoms with Crippen molar-refractivity contribution in [2.24, 2.45) is 0 Å². The third-order valence-electron chi connectivity index (χ3n) is 4.50. The van der Waals surface area contributed by atoms with E-state index in [0.29, 0.717) is 19.7 Å². The van der Waals surface area contributed by atoms with E-state index < -0.39 is 11.7 Å². The van der Waals surface area contributed by atoms with Gasteiger partial charge in [0.05, 0.1) is 13.2 Å². The first-order valence-electron chi connectivity index (χ1n) is 9.48. The van der Waals surface area contributed by atoms with Gasteiger partial charge in [0.1, 0.15) is 18.2 Å². The summed E-state index contributed by atoms with van der Waals surface area (Å²) in [4.78, 5) is 12.2. The monoisotopic (exact) mass is 407 g/mol. The highest BCUT2D eigenvalue weighted by Gasteiger charge is 2.12. The number of benzene rings is 2. The highest BCUT2D eigenvalue weighted by molar-refractivity contribution is 6.04. The number of halogens is 1. The summed E-state index contributed by atoms with van der Waals surface area (Å²) in [5.41, 5.74) is 1.68. The number of carbonyl (C=O) groups is 1. The summed E-state index contributed by atoms with van der Waals surface area (Å²) in [7, 11) is 1.54. The zero-order valence-corrected chi connectivity index (χ0v) is 16.6. The SMILES string of the molecule is COCCNC(=O)C(C#N)=Cc1cn(CCOc2ccccc2F)c2ccccc12. The summed E-state index contributed by atoms with van der Waals surface area (Å²) < 4.78 is 26.1. The van der Waals surface area contributed by atoms with Crippen LogP contribution in [0.2, 0.25) is 0 Å². The fraction of sp³-hybridized carbons (Fsp3) is 0.217. The molecule has 0 saturated heterocycles. The van der Waals surface area contributed by atoms with Gasteiger partial charge < -0.3 is 19.4 Å². The fourth-order valence-electron chi connectivity index (χ4n) is 3.06. The van der Waals surface area contributed by atoms with Gasteiger partial charge in [0, 0.05) is 36.3 Å². The maximum absolute atomic E-state index is 13.7. The summed E-state index contributed by atoms with van der Waals surface area (Å²) in [6.45, 7) is 1.44. The molecule has 0 fully saturated rings. The fourth-order valence-corrected chi connectivity index (χ4v) is 3.06. The largest absolute Gasteiger partial charge is 0.489 e. The van der Waals surface area contributed by atoms with Crippen LogP contribution in [-0.4, -0.2) is 37.3 Å². The van der Waals surface area contributed by atoms with E-state index in [2.05, 4.69) is 5.32 Å². The van der Waals surface area contributed by atoms with Crippen LogP contribution in [0.5, 0.6) is 5.75 Å². The smallest absolute Gasteiger partial charge is 0.262 e. The Morgan fingerprint density at radius 1 is 1.20 bits per heavy atom. The molecule has 1 heterocycles. The van der Waals surface area contributed by atoms with Gasteiger partial charge in [-0.25, -0.2) is 4.39 Å². The minimum Gasteiger partial charge on any atom is -0.489 e. The van der Waals surface area contributed by atoms with Crippen molar-refractivity contribution in [1.29, 1.82) is 5.26 Å². The Balaban J connectivity index is 1.80. The average molecular weight is 407 g/mol. The Hall–Kier alpha value is -3.63. The standard InChI is InChI=1S/C23H22FN3O3/c1-29-12-10-26-23(28)17(15-25)14-18-16-27(21-8-4-2-6-19(18)21)11-13-30-22-9-5-3-7-20(22)24/h2-9,14,16H,10-13H2,1H3,(H,26,28). The van der Waals surface area contributed by atoms with Crippen LogP contribution in [0.1, 0.15) is 5.56 Å². The number of nitrogens with one attached hydrogen (secondary N) is 1. The van der Waals surface area contributed by atoms with Gasteiger partial charge >= 0.3 is 0 Å². The molecule has 6 nitrogen and oxygen atoms in total.